The number of methoxy groups -OCH3 is 1. The number of hydrogen-bond donors (Lipinski definition) is 4. The van der Waals surface area contributed by atoms with Gasteiger partial charge in [-0.15, -0.1) is 5.92 Å². The summed E-state index contributed by atoms with van der Waals surface area (Å²) >= 11 is 0. The number of nitrogens with one attached hydrogen (secondary N) is 2. The van der Waals surface area contributed by atoms with E-state index in [1.165, 1.54) is 36.9 Å². The molecule has 4 N–H and O–H groups in total. The van der Waals surface area contributed by atoms with Crippen molar-refractivity contribution in [3.63, 3.8) is 0 Å². The molecule has 2 rings (SSSR count). The van der Waals surface area contributed by atoms with E-state index in [0.717, 1.165) is 4.90 Å². The zero-order valence-corrected chi connectivity index (χ0v) is 20.0. The van der Waals surface area contributed by atoms with Crippen LogP contribution in [-0.2, 0) is 14.8 Å². The van der Waals surface area contributed by atoms with Gasteiger partial charge in [0.2, 0.25) is 10.0 Å². The molecule has 35 heavy (non-hydrogen) atoms. The van der Waals surface area contributed by atoms with Crippen molar-refractivity contribution in [2.75, 3.05) is 25.2 Å². The molecule has 2 aromatic rings. The number of anilines is 1. The summed E-state index contributed by atoms with van der Waals surface area (Å²) in [4.78, 5) is 24.7. The lowest BCUT2D eigenvalue weighted by atomic mass is 10.1. The van der Waals surface area contributed by atoms with E-state index < -0.39 is 28.1 Å². The second-order valence-electron chi connectivity index (χ2n) is 7.11. The number of carbonyl (C=O) groups is 2. The van der Waals surface area contributed by atoms with Crippen molar-refractivity contribution in [1.29, 1.82) is 0 Å². The van der Waals surface area contributed by atoms with Gasteiger partial charge < -0.3 is 14.6 Å². The minimum Gasteiger partial charge on any atom is -0.497 e. The third-order valence-electron chi connectivity index (χ3n) is 4.84. The minimum atomic E-state index is -4.13. The van der Waals surface area contributed by atoms with Crippen LogP contribution in [0.15, 0.2) is 53.4 Å². The lowest BCUT2D eigenvalue weighted by Gasteiger charge is -2.21. The Morgan fingerprint density at radius 3 is 2.26 bits per heavy atom. The van der Waals surface area contributed by atoms with Crippen LogP contribution in [0.2, 0.25) is 0 Å². The van der Waals surface area contributed by atoms with Crippen LogP contribution >= 0.6 is 0 Å². The molecule has 1 atom stereocenters. The van der Waals surface area contributed by atoms with Gasteiger partial charge in [-0.25, -0.2) is 18.7 Å². The number of amides is 2. The molecule has 11 nitrogen and oxygen atoms in total. The molecular formula is C23H27N3O8S. The van der Waals surface area contributed by atoms with E-state index in [1.807, 2.05) is 0 Å². The van der Waals surface area contributed by atoms with Crippen molar-refractivity contribution >= 4 is 27.7 Å². The quantitative estimate of drug-likeness (QED) is 0.194. The second kappa shape index (κ2) is 13.2. The number of carboxylic acid groups (broad SMARTS) is 1. The molecule has 0 bridgehead atoms. The predicted molar refractivity (Wildman–Crippen MR) is 127 cm³/mol. The van der Waals surface area contributed by atoms with Gasteiger partial charge >= 0.3 is 6.09 Å². The van der Waals surface area contributed by atoms with E-state index in [1.54, 1.807) is 31.2 Å². The first-order valence-electron chi connectivity index (χ1n) is 10.4. The predicted octanol–water partition coefficient (Wildman–Crippen LogP) is 2.21. The first-order chi connectivity index (χ1) is 16.7. The highest BCUT2D eigenvalue weighted by Crippen LogP contribution is 2.21. The van der Waals surface area contributed by atoms with E-state index >= 15 is 0 Å². The highest BCUT2D eigenvalue weighted by atomic mass is 32.2. The summed E-state index contributed by atoms with van der Waals surface area (Å²) in [5, 5.41) is 18.6. The zero-order valence-electron chi connectivity index (χ0n) is 19.2. The second-order valence-corrected chi connectivity index (χ2v) is 8.83. The molecular weight excluding hydrogens is 478 g/mol. The molecule has 0 saturated heterocycles. The van der Waals surface area contributed by atoms with E-state index in [2.05, 4.69) is 16.6 Å². The van der Waals surface area contributed by atoms with Gasteiger partial charge in [-0.05, 0) is 68.3 Å². The average molecular weight is 506 g/mol. The van der Waals surface area contributed by atoms with Crippen molar-refractivity contribution in [3.05, 3.63) is 48.5 Å². The highest BCUT2D eigenvalue weighted by molar-refractivity contribution is 7.89. The lowest BCUT2D eigenvalue weighted by Crippen LogP contribution is -2.46. The Hall–Kier alpha value is -3.79. The monoisotopic (exact) mass is 505 g/mol. The highest BCUT2D eigenvalue weighted by Gasteiger charge is 2.26. The van der Waals surface area contributed by atoms with Gasteiger partial charge in [0.25, 0.3) is 5.91 Å². The van der Waals surface area contributed by atoms with E-state index in [4.69, 9.17) is 14.7 Å². The van der Waals surface area contributed by atoms with Crippen LogP contribution in [0.1, 0.15) is 19.8 Å². The Labute approximate surface area is 203 Å². The number of benzene rings is 2. The maximum absolute atomic E-state index is 12.8. The van der Waals surface area contributed by atoms with Crippen LogP contribution in [0.4, 0.5) is 10.5 Å². The molecule has 0 aliphatic carbocycles. The normalized spacial score (nSPS) is 11.5. The lowest BCUT2D eigenvalue weighted by molar-refractivity contribution is -0.131. The first kappa shape index (κ1) is 27.5. The van der Waals surface area contributed by atoms with Crippen molar-refractivity contribution in [2.24, 2.45) is 0 Å². The molecule has 0 aliphatic rings. The molecule has 0 aliphatic heterocycles. The number of hydrogen-bond acceptors (Lipinski definition) is 7. The Morgan fingerprint density at radius 1 is 1.09 bits per heavy atom. The summed E-state index contributed by atoms with van der Waals surface area (Å²) < 4.78 is 38.2. The van der Waals surface area contributed by atoms with Crippen LogP contribution in [0, 0.1) is 11.8 Å². The summed E-state index contributed by atoms with van der Waals surface area (Å²) in [6, 6.07) is 10.5. The summed E-state index contributed by atoms with van der Waals surface area (Å²) in [5.74, 6) is 5.40. The smallest absolute Gasteiger partial charge is 0.411 e. The number of rotatable bonds is 12. The minimum absolute atomic E-state index is 0.0225. The van der Waals surface area contributed by atoms with Gasteiger partial charge in [0, 0.05) is 12.2 Å². The van der Waals surface area contributed by atoms with Crippen molar-refractivity contribution in [3.8, 4) is 23.3 Å². The molecule has 2 aromatic carbocycles. The molecule has 0 fully saturated rings. The fourth-order valence-corrected chi connectivity index (χ4v) is 4.26. The van der Waals surface area contributed by atoms with Crippen LogP contribution < -0.4 is 24.6 Å². The van der Waals surface area contributed by atoms with Gasteiger partial charge in [-0.3, -0.25) is 14.9 Å². The van der Waals surface area contributed by atoms with Gasteiger partial charge in [-0.1, -0.05) is 5.92 Å². The molecule has 0 spiro atoms. The zero-order chi connectivity index (χ0) is 25.8. The Kier molecular flexibility index (Phi) is 10.3. The molecule has 2 amide bonds. The summed E-state index contributed by atoms with van der Waals surface area (Å²) in [6.07, 6.45) is -1.18. The molecule has 0 aromatic heterocycles. The SMILES string of the molecule is CC#CCOc1ccc(S(=O)(=O)N[C@H](CCCN(C(=O)O)c2ccc(OC)cc2)C(=O)NO)cc1. The van der Waals surface area contributed by atoms with Gasteiger partial charge in [0.15, 0.2) is 0 Å². The maximum Gasteiger partial charge on any atom is 0.411 e. The Bertz CT molecular complexity index is 1160. The largest absolute Gasteiger partial charge is 0.497 e. The number of sulfonamides is 1. The number of hydroxylamine groups is 1. The molecule has 12 heteroatoms. The molecule has 0 radical (unpaired) electrons. The summed E-state index contributed by atoms with van der Waals surface area (Å²) in [6.45, 7) is 1.80. The van der Waals surface area contributed by atoms with Crippen LogP contribution in [0.5, 0.6) is 11.5 Å². The molecule has 0 unspecified atom stereocenters. The first-order valence-corrected chi connectivity index (χ1v) is 11.9. The van der Waals surface area contributed by atoms with Gasteiger partial charge in [-0.2, -0.15) is 4.72 Å². The summed E-state index contributed by atoms with van der Waals surface area (Å²) in [7, 11) is -2.64. The van der Waals surface area contributed by atoms with E-state index in [0.29, 0.717) is 17.2 Å². The Balaban J connectivity index is 2.07. The number of carbonyl (C=O) groups excluding carboxylic acids is 1. The van der Waals surface area contributed by atoms with Crippen molar-refractivity contribution in [1.82, 2.24) is 10.2 Å². The van der Waals surface area contributed by atoms with Crippen LogP contribution in [-0.4, -0.2) is 57.0 Å². The molecule has 0 saturated carbocycles. The third-order valence-corrected chi connectivity index (χ3v) is 6.32. The van der Waals surface area contributed by atoms with Gasteiger partial charge in [0.05, 0.1) is 12.0 Å². The fraction of sp³-hybridized carbons (Fsp3) is 0.304. The Morgan fingerprint density at radius 2 is 1.71 bits per heavy atom. The van der Waals surface area contributed by atoms with Crippen molar-refractivity contribution < 1.29 is 37.8 Å². The number of ether oxygens (including phenoxy) is 2. The summed E-state index contributed by atoms with van der Waals surface area (Å²) in [5.41, 5.74) is 1.82. The van der Waals surface area contributed by atoms with Gasteiger partial charge in [0.1, 0.15) is 24.1 Å². The standard InChI is InChI=1S/C23H27N3O8S/c1-3-4-16-34-19-11-13-20(14-12-19)35(31,32)25-21(22(27)24-30)6-5-15-26(23(28)29)17-7-9-18(33-2)10-8-17/h7-14,21,25,30H,5-6,15-16H2,1-2H3,(H,24,27)(H,28,29)/t21-/m1/s1. The van der Waals surface area contributed by atoms with Crippen LogP contribution in [0.25, 0.3) is 0 Å². The fourth-order valence-electron chi connectivity index (χ4n) is 3.03. The number of nitrogens with zero attached hydrogens (tertiary/aromatic N) is 1. The van der Waals surface area contributed by atoms with E-state index in [-0.39, 0.29) is 30.9 Å². The third kappa shape index (κ3) is 8.18. The average Bonchev–Trinajstić information content (AvgIpc) is 2.85. The topological polar surface area (TPSA) is 154 Å². The maximum atomic E-state index is 12.8. The molecule has 0 heterocycles. The van der Waals surface area contributed by atoms with Crippen molar-refractivity contribution in [2.45, 2.75) is 30.7 Å². The van der Waals surface area contributed by atoms with Crippen LogP contribution in [0.3, 0.4) is 0 Å². The molecule has 188 valence electrons. The van der Waals surface area contributed by atoms with E-state index in [9.17, 15) is 23.1 Å².